The van der Waals surface area contributed by atoms with Gasteiger partial charge in [0.1, 0.15) is 5.75 Å². The van der Waals surface area contributed by atoms with Crippen molar-refractivity contribution in [1.29, 1.82) is 0 Å². The number of rotatable bonds is 2. The number of aromatic hydroxyl groups is 3. The highest BCUT2D eigenvalue weighted by Crippen LogP contribution is 2.51. The number of methoxy groups -OCH3 is 2. The maximum atomic E-state index is 12.7. The van der Waals surface area contributed by atoms with Crippen LogP contribution in [0.4, 0.5) is 0 Å². The predicted octanol–water partition coefficient (Wildman–Crippen LogP) is 1.60. The second-order valence-electron chi connectivity index (χ2n) is 4.87. The van der Waals surface area contributed by atoms with Crippen LogP contribution in [-0.4, -0.2) is 41.1 Å². The highest BCUT2D eigenvalue weighted by atomic mass is 16.5. The third-order valence-electron chi connectivity index (χ3n) is 3.74. The van der Waals surface area contributed by atoms with Gasteiger partial charge in [-0.05, 0) is 6.07 Å². The van der Waals surface area contributed by atoms with E-state index in [4.69, 9.17) is 9.47 Å². The van der Waals surface area contributed by atoms with Crippen LogP contribution in [0.1, 0.15) is 31.8 Å². The summed E-state index contributed by atoms with van der Waals surface area (Å²) in [6, 6.07) is 4.05. The highest BCUT2D eigenvalue weighted by Gasteiger charge is 2.40. The molecular formula is C16H12O7. The third kappa shape index (κ3) is 1.76. The number of ether oxygens (including phenoxy) is 2. The first-order chi connectivity index (χ1) is 10.9. The van der Waals surface area contributed by atoms with Crippen LogP contribution in [0.5, 0.6) is 28.7 Å². The summed E-state index contributed by atoms with van der Waals surface area (Å²) in [7, 11) is 2.39. The molecule has 7 heteroatoms. The van der Waals surface area contributed by atoms with Crippen LogP contribution in [0.25, 0.3) is 0 Å². The van der Waals surface area contributed by atoms with Crippen molar-refractivity contribution in [2.24, 2.45) is 0 Å². The quantitative estimate of drug-likeness (QED) is 0.658. The van der Waals surface area contributed by atoms with Crippen LogP contribution in [0.15, 0.2) is 18.2 Å². The Kier molecular flexibility index (Phi) is 3.14. The molecule has 3 N–H and O–H groups in total. The van der Waals surface area contributed by atoms with Crippen molar-refractivity contribution < 1.29 is 34.4 Å². The topological polar surface area (TPSA) is 113 Å². The maximum Gasteiger partial charge on any atom is 0.207 e. The Morgan fingerprint density at radius 3 is 2.04 bits per heavy atom. The van der Waals surface area contributed by atoms with Crippen LogP contribution in [0.2, 0.25) is 0 Å². The van der Waals surface area contributed by atoms with Gasteiger partial charge in [-0.2, -0.15) is 0 Å². The van der Waals surface area contributed by atoms with Gasteiger partial charge in [0.05, 0.1) is 30.9 Å². The monoisotopic (exact) mass is 316 g/mol. The van der Waals surface area contributed by atoms with E-state index in [9.17, 15) is 24.9 Å². The van der Waals surface area contributed by atoms with E-state index in [0.717, 1.165) is 0 Å². The van der Waals surface area contributed by atoms with E-state index in [2.05, 4.69) is 0 Å². The van der Waals surface area contributed by atoms with Crippen LogP contribution in [-0.2, 0) is 0 Å². The van der Waals surface area contributed by atoms with E-state index in [1.807, 2.05) is 0 Å². The number of hydrogen-bond acceptors (Lipinski definition) is 7. The summed E-state index contributed by atoms with van der Waals surface area (Å²) in [4.78, 5) is 25.4. The zero-order valence-electron chi connectivity index (χ0n) is 12.2. The first-order valence-corrected chi connectivity index (χ1v) is 6.55. The lowest BCUT2D eigenvalue weighted by Gasteiger charge is -2.23. The first kappa shape index (κ1) is 14.7. The van der Waals surface area contributed by atoms with Crippen molar-refractivity contribution in [3.63, 3.8) is 0 Å². The Bertz CT molecular complexity index is 867. The maximum absolute atomic E-state index is 12.7. The number of phenolic OH excluding ortho intramolecular Hbond substituents is 3. The fourth-order valence-corrected chi connectivity index (χ4v) is 2.74. The van der Waals surface area contributed by atoms with Gasteiger partial charge in [0.15, 0.2) is 17.3 Å². The Morgan fingerprint density at radius 2 is 1.43 bits per heavy atom. The first-order valence-electron chi connectivity index (χ1n) is 6.55. The standard InChI is InChI=1S/C16H12O7/c1-22-15-10-9(13(20)16(23-2)14(15)21)11(18)6-4-3-5-7(17)8(6)12(10)19/h3-5,17,20-21H,1-2H3. The van der Waals surface area contributed by atoms with Gasteiger partial charge in [0.2, 0.25) is 17.3 Å². The van der Waals surface area contributed by atoms with Crippen molar-refractivity contribution in [3.05, 3.63) is 40.5 Å². The normalized spacial score (nSPS) is 12.6. The van der Waals surface area contributed by atoms with Crippen molar-refractivity contribution in [3.8, 4) is 28.7 Å². The van der Waals surface area contributed by atoms with E-state index >= 15 is 0 Å². The highest BCUT2D eigenvalue weighted by molar-refractivity contribution is 6.31. The SMILES string of the molecule is COc1c(O)c(OC)c2c(c1O)C(=O)c1cccc(O)c1C2=O. The predicted molar refractivity (Wildman–Crippen MR) is 77.8 cm³/mol. The Hall–Kier alpha value is -3.22. The molecule has 0 atom stereocenters. The summed E-state index contributed by atoms with van der Waals surface area (Å²) in [5, 5.41) is 30.3. The van der Waals surface area contributed by atoms with E-state index in [0.29, 0.717) is 0 Å². The number of fused-ring (bicyclic) bond motifs is 2. The number of carbonyl (C=O) groups is 2. The van der Waals surface area contributed by atoms with Gasteiger partial charge in [-0.15, -0.1) is 0 Å². The van der Waals surface area contributed by atoms with E-state index in [-0.39, 0.29) is 39.5 Å². The van der Waals surface area contributed by atoms with Gasteiger partial charge in [0.25, 0.3) is 0 Å². The van der Waals surface area contributed by atoms with Gasteiger partial charge in [0, 0.05) is 5.56 Å². The van der Waals surface area contributed by atoms with Crippen LogP contribution < -0.4 is 9.47 Å². The largest absolute Gasteiger partial charge is 0.507 e. The van der Waals surface area contributed by atoms with Gasteiger partial charge < -0.3 is 24.8 Å². The summed E-state index contributed by atoms with van der Waals surface area (Å²) in [6.45, 7) is 0. The molecule has 23 heavy (non-hydrogen) atoms. The molecule has 0 aliphatic heterocycles. The van der Waals surface area contributed by atoms with Crippen molar-refractivity contribution in [2.45, 2.75) is 0 Å². The Labute approximate surface area is 130 Å². The average Bonchev–Trinajstić information content (AvgIpc) is 2.52. The molecule has 0 aromatic heterocycles. The minimum absolute atomic E-state index is 0.0485. The smallest absolute Gasteiger partial charge is 0.207 e. The molecule has 0 saturated carbocycles. The van der Waals surface area contributed by atoms with Crippen LogP contribution in [0, 0.1) is 0 Å². The number of hydrogen-bond donors (Lipinski definition) is 3. The lowest BCUT2D eigenvalue weighted by Crippen LogP contribution is -2.22. The molecule has 118 valence electrons. The molecule has 2 aromatic carbocycles. The van der Waals surface area contributed by atoms with Gasteiger partial charge in [-0.1, -0.05) is 12.1 Å². The van der Waals surface area contributed by atoms with Crippen LogP contribution in [0.3, 0.4) is 0 Å². The molecule has 1 aliphatic carbocycles. The molecule has 0 spiro atoms. The number of phenols is 3. The molecule has 3 rings (SSSR count). The van der Waals surface area contributed by atoms with E-state index in [1.54, 1.807) is 0 Å². The third-order valence-corrected chi connectivity index (χ3v) is 3.74. The Morgan fingerprint density at radius 1 is 0.783 bits per heavy atom. The molecule has 0 fully saturated rings. The number of benzene rings is 2. The van der Waals surface area contributed by atoms with Gasteiger partial charge >= 0.3 is 0 Å². The van der Waals surface area contributed by atoms with Gasteiger partial charge in [-0.25, -0.2) is 0 Å². The zero-order valence-corrected chi connectivity index (χ0v) is 12.2. The van der Waals surface area contributed by atoms with Crippen molar-refractivity contribution in [1.82, 2.24) is 0 Å². The zero-order chi connectivity index (χ0) is 16.9. The summed E-state index contributed by atoms with van der Waals surface area (Å²) in [6.07, 6.45) is 0. The molecule has 0 unspecified atom stereocenters. The fraction of sp³-hybridized carbons (Fsp3) is 0.125. The fourth-order valence-electron chi connectivity index (χ4n) is 2.74. The number of ketones is 2. The molecule has 0 radical (unpaired) electrons. The van der Waals surface area contributed by atoms with E-state index in [1.165, 1.54) is 32.4 Å². The lowest BCUT2D eigenvalue weighted by atomic mass is 9.82. The summed E-state index contributed by atoms with van der Waals surface area (Å²) in [5.74, 6) is -3.73. The lowest BCUT2D eigenvalue weighted by molar-refractivity contribution is 0.0970. The molecule has 1 aliphatic rings. The van der Waals surface area contributed by atoms with Crippen molar-refractivity contribution >= 4 is 11.6 Å². The molecular weight excluding hydrogens is 304 g/mol. The molecule has 0 heterocycles. The molecule has 0 amide bonds. The summed E-state index contributed by atoms with van der Waals surface area (Å²) in [5.41, 5.74) is -0.901. The Balaban J connectivity index is 2.47. The average molecular weight is 316 g/mol. The number of carbonyl (C=O) groups excluding carboxylic acids is 2. The molecule has 2 aromatic rings. The van der Waals surface area contributed by atoms with Crippen molar-refractivity contribution in [2.75, 3.05) is 14.2 Å². The minimum atomic E-state index is -0.738. The molecule has 0 bridgehead atoms. The molecule has 0 saturated heterocycles. The minimum Gasteiger partial charge on any atom is -0.507 e. The summed E-state index contributed by atoms with van der Waals surface area (Å²) < 4.78 is 9.91. The van der Waals surface area contributed by atoms with E-state index < -0.39 is 23.1 Å². The molecule has 7 nitrogen and oxygen atoms in total. The second-order valence-corrected chi connectivity index (χ2v) is 4.87. The summed E-state index contributed by atoms with van der Waals surface area (Å²) >= 11 is 0. The van der Waals surface area contributed by atoms with Gasteiger partial charge in [-0.3, -0.25) is 9.59 Å². The second kappa shape index (κ2) is 4.91. The van der Waals surface area contributed by atoms with Crippen LogP contribution >= 0.6 is 0 Å².